The number of benzene rings is 1. The summed E-state index contributed by atoms with van der Waals surface area (Å²) in [5.74, 6) is -0.0328. The minimum absolute atomic E-state index is 0.0328. The Morgan fingerprint density at radius 2 is 2.14 bits per heavy atom. The second kappa shape index (κ2) is 6.74. The molecule has 112 valence electrons. The molecule has 0 aliphatic carbocycles. The molecule has 0 aliphatic rings. The van der Waals surface area contributed by atoms with Gasteiger partial charge in [-0.1, -0.05) is 12.1 Å². The number of hydrogen-bond acceptors (Lipinski definition) is 4. The number of nitrogen functional groups attached to an aromatic ring is 1. The summed E-state index contributed by atoms with van der Waals surface area (Å²) in [4.78, 5) is 15.5. The van der Waals surface area contributed by atoms with Crippen LogP contribution in [0.3, 0.4) is 0 Å². The Bertz CT molecular complexity index is 610. The molecule has 1 amide bonds. The number of nitrogens with one attached hydrogen (secondary N) is 1. The lowest BCUT2D eigenvalue weighted by molar-refractivity contribution is -0.117. The minimum Gasteiger partial charge on any atom is -0.398 e. The summed E-state index contributed by atoms with van der Waals surface area (Å²) < 4.78 is 0. The Morgan fingerprint density at radius 1 is 1.38 bits per heavy atom. The number of thiophene rings is 1. The van der Waals surface area contributed by atoms with E-state index in [1.54, 1.807) is 11.3 Å². The van der Waals surface area contributed by atoms with Gasteiger partial charge in [-0.25, -0.2) is 0 Å². The molecule has 5 heteroatoms. The molecule has 1 aromatic heterocycles. The molecule has 1 heterocycles. The molecule has 1 unspecified atom stereocenters. The van der Waals surface area contributed by atoms with Gasteiger partial charge in [-0.05, 0) is 50.0 Å². The van der Waals surface area contributed by atoms with Gasteiger partial charge in [-0.3, -0.25) is 9.69 Å². The van der Waals surface area contributed by atoms with E-state index < -0.39 is 0 Å². The highest BCUT2D eigenvalue weighted by Gasteiger charge is 2.16. The van der Waals surface area contributed by atoms with E-state index in [1.165, 1.54) is 4.88 Å². The topological polar surface area (TPSA) is 58.4 Å². The van der Waals surface area contributed by atoms with E-state index in [-0.39, 0.29) is 11.9 Å². The van der Waals surface area contributed by atoms with Crippen LogP contribution in [-0.4, -0.2) is 24.4 Å². The third-order valence-electron chi connectivity index (χ3n) is 3.66. The van der Waals surface area contributed by atoms with Gasteiger partial charge in [0.05, 0.1) is 6.54 Å². The molecule has 0 saturated heterocycles. The van der Waals surface area contributed by atoms with Crippen molar-refractivity contribution in [2.75, 3.05) is 24.6 Å². The van der Waals surface area contributed by atoms with E-state index in [9.17, 15) is 4.79 Å². The third-order valence-corrected chi connectivity index (χ3v) is 4.70. The van der Waals surface area contributed by atoms with Gasteiger partial charge in [-0.2, -0.15) is 0 Å². The van der Waals surface area contributed by atoms with Gasteiger partial charge in [-0.15, -0.1) is 11.3 Å². The Morgan fingerprint density at radius 3 is 2.81 bits per heavy atom. The molecular weight excluding hydrogens is 282 g/mol. The lowest BCUT2D eigenvalue weighted by Gasteiger charge is -2.23. The van der Waals surface area contributed by atoms with Gasteiger partial charge >= 0.3 is 0 Å². The zero-order valence-corrected chi connectivity index (χ0v) is 13.4. The van der Waals surface area contributed by atoms with Crippen molar-refractivity contribution >= 4 is 28.6 Å². The average molecular weight is 303 g/mol. The number of carbonyl (C=O) groups is 1. The van der Waals surface area contributed by atoms with Crippen molar-refractivity contribution in [2.45, 2.75) is 19.9 Å². The van der Waals surface area contributed by atoms with Crippen molar-refractivity contribution in [1.29, 1.82) is 0 Å². The number of carbonyl (C=O) groups excluding carboxylic acids is 1. The highest BCUT2D eigenvalue weighted by molar-refractivity contribution is 7.10. The molecule has 21 heavy (non-hydrogen) atoms. The van der Waals surface area contributed by atoms with E-state index in [0.29, 0.717) is 12.2 Å². The van der Waals surface area contributed by atoms with Crippen molar-refractivity contribution in [3.8, 4) is 0 Å². The molecule has 0 fully saturated rings. The number of nitrogens with two attached hydrogens (primary N) is 1. The molecule has 1 atom stereocenters. The summed E-state index contributed by atoms with van der Waals surface area (Å²) in [7, 11) is 1.95. The Hall–Kier alpha value is -1.85. The molecule has 0 saturated carbocycles. The van der Waals surface area contributed by atoms with Gasteiger partial charge < -0.3 is 11.1 Å². The van der Waals surface area contributed by atoms with Crippen LogP contribution in [0.1, 0.15) is 23.4 Å². The van der Waals surface area contributed by atoms with Crippen molar-refractivity contribution in [1.82, 2.24) is 4.90 Å². The van der Waals surface area contributed by atoms with Crippen molar-refractivity contribution in [2.24, 2.45) is 0 Å². The summed E-state index contributed by atoms with van der Waals surface area (Å²) in [6, 6.07) is 9.88. The average Bonchev–Trinajstić information content (AvgIpc) is 2.97. The molecule has 2 rings (SSSR count). The summed E-state index contributed by atoms with van der Waals surface area (Å²) in [5.41, 5.74) is 8.22. The molecule has 2 aromatic rings. The maximum absolute atomic E-state index is 12.2. The number of rotatable bonds is 5. The van der Waals surface area contributed by atoms with Crippen molar-refractivity contribution < 1.29 is 4.79 Å². The predicted octanol–water partition coefficient (Wildman–Crippen LogP) is 3.27. The second-order valence-electron chi connectivity index (χ2n) is 5.17. The van der Waals surface area contributed by atoms with Gasteiger partial charge in [0, 0.05) is 22.3 Å². The van der Waals surface area contributed by atoms with E-state index in [4.69, 9.17) is 5.73 Å². The number of nitrogens with zero attached hydrogens (tertiary/aromatic N) is 1. The number of amides is 1. The van der Waals surface area contributed by atoms with Gasteiger partial charge in [0.1, 0.15) is 0 Å². The van der Waals surface area contributed by atoms with Crippen molar-refractivity contribution in [3.05, 3.63) is 46.2 Å². The molecule has 3 N–H and O–H groups in total. The van der Waals surface area contributed by atoms with Crippen LogP contribution in [0, 0.1) is 6.92 Å². The fraction of sp³-hybridized carbons (Fsp3) is 0.312. The maximum Gasteiger partial charge on any atom is 0.238 e. The first-order chi connectivity index (χ1) is 9.99. The highest BCUT2D eigenvalue weighted by atomic mass is 32.1. The molecule has 0 aliphatic heterocycles. The van der Waals surface area contributed by atoms with Gasteiger partial charge in [0.2, 0.25) is 5.91 Å². The number of likely N-dealkylation sites (N-methyl/N-ethyl adjacent to an activating group) is 1. The summed E-state index contributed by atoms with van der Waals surface area (Å²) in [6.07, 6.45) is 0. The minimum atomic E-state index is -0.0328. The summed E-state index contributed by atoms with van der Waals surface area (Å²) >= 11 is 1.70. The Labute approximate surface area is 129 Å². The molecule has 1 aromatic carbocycles. The van der Waals surface area contributed by atoms with E-state index in [1.807, 2.05) is 43.1 Å². The highest BCUT2D eigenvalue weighted by Crippen LogP contribution is 2.24. The van der Waals surface area contributed by atoms with Crippen LogP contribution in [0.4, 0.5) is 11.4 Å². The number of hydrogen-bond donors (Lipinski definition) is 2. The van der Waals surface area contributed by atoms with Gasteiger partial charge in [0.25, 0.3) is 0 Å². The smallest absolute Gasteiger partial charge is 0.238 e. The molecule has 0 bridgehead atoms. The standard InChI is InChI=1S/C16H21N3OS/c1-11-13(17)6-4-7-14(11)18-16(20)10-19(3)12(2)15-8-5-9-21-15/h4-9,12H,10,17H2,1-3H3,(H,18,20). The van der Waals surface area contributed by atoms with Crippen LogP contribution in [0.5, 0.6) is 0 Å². The normalized spacial score (nSPS) is 12.4. The number of anilines is 2. The van der Waals surface area contributed by atoms with Crippen LogP contribution in [0.2, 0.25) is 0 Å². The Kier molecular flexibility index (Phi) is 4.98. The lowest BCUT2D eigenvalue weighted by atomic mass is 10.1. The largest absolute Gasteiger partial charge is 0.398 e. The second-order valence-corrected chi connectivity index (χ2v) is 6.15. The lowest BCUT2D eigenvalue weighted by Crippen LogP contribution is -2.32. The summed E-state index contributed by atoms with van der Waals surface area (Å²) in [6.45, 7) is 4.35. The van der Waals surface area contributed by atoms with Crippen LogP contribution < -0.4 is 11.1 Å². The monoisotopic (exact) mass is 303 g/mol. The fourth-order valence-corrected chi connectivity index (χ4v) is 2.94. The van der Waals surface area contributed by atoms with E-state index in [0.717, 1.165) is 11.3 Å². The van der Waals surface area contributed by atoms with E-state index >= 15 is 0 Å². The fourth-order valence-electron chi connectivity index (χ4n) is 2.09. The molecular formula is C16H21N3OS. The van der Waals surface area contributed by atoms with Crippen LogP contribution >= 0.6 is 11.3 Å². The van der Waals surface area contributed by atoms with Crippen LogP contribution in [0.25, 0.3) is 0 Å². The molecule has 4 nitrogen and oxygen atoms in total. The summed E-state index contributed by atoms with van der Waals surface area (Å²) in [5, 5.41) is 4.98. The molecule has 0 spiro atoms. The van der Waals surface area contributed by atoms with E-state index in [2.05, 4.69) is 23.7 Å². The van der Waals surface area contributed by atoms with Crippen LogP contribution in [0.15, 0.2) is 35.7 Å². The van der Waals surface area contributed by atoms with Crippen LogP contribution in [-0.2, 0) is 4.79 Å². The van der Waals surface area contributed by atoms with Gasteiger partial charge in [0.15, 0.2) is 0 Å². The first-order valence-corrected chi connectivity index (χ1v) is 7.75. The zero-order chi connectivity index (χ0) is 15.4. The quantitative estimate of drug-likeness (QED) is 0.833. The first kappa shape index (κ1) is 15.5. The van der Waals surface area contributed by atoms with Crippen molar-refractivity contribution in [3.63, 3.8) is 0 Å². The maximum atomic E-state index is 12.2. The predicted molar refractivity (Wildman–Crippen MR) is 89.6 cm³/mol. The Balaban J connectivity index is 1.97. The zero-order valence-electron chi connectivity index (χ0n) is 12.6. The molecule has 0 radical (unpaired) electrons. The third kappa shape index (κ3) is 3.83. The SMILES string of the molecule is Cc1c(N)cccc1NC(=O)CN(C)C(C)c1cccs1. The first-order valence-electron chi connectivity index (χ1n) is 6.87.